The molecule has 4 nitrogen and oxygen atoms in total. The van der Waals surface area contributed by atoms with Crippen LogP contribution in [0.1, 0.15) is 6.42 Å². The zero-order chi connectivity index (χ0) is 14.4. The quantitative estimate of drug-likeness (QED) is 0.829. The number of carbonyl (C=O) groups is 1. The molecule has 2 aromatic carbocycles. The van der Waals surface area contributed by atoms with Crippen LogP contribution in [0.3, 0.4) is 0 Å². The van der Waals surface area contributed by atoms with E-state index < -0.39 is 0 Å². The molecule has 0 bridgehead atoms. The van der Waals surface area contributed by atoms with Gasteiger partial charge in [0.1, 0.15) is 5.75 Å². The minimum absolute atomic E-state index is 0.00893. The highest BCUT2D eigenvalue weighted by Crippen LogP contribution is 2.29. The molecule has 0 aromatic heterocycles. The number of nitrogens with one attached hydrogen (secondary N) is 1. The molecule has 2 rings (SSSR count). The fraction of sp³-hybridized carbons (Fsp3) is 0.0667. The van der Waals surface area contributed by atoms with E-state index in [9.17, 15) is 4.79 Å². The predicted molar refractivity (Wildman–Crippen MR) is 83.0 cm³/mol. The Morgan fingerprint density at radius 1 is 1.10 bits per heavy atom. The van der Waals surface area contributed by atoms with E-state index >= 15 is 0 Å². The summed E-state index contributed by atoms with van der Waals surface area (Å²) in [6.07, 6.45) is 0.00893. The van der Waals surface area contributed by atoms with Crippen LogP contribution in [0.4, 0.5) is 5.69 Å². The van der Waals surface area contributed by atoms with Gasteiger partial charge in [0.15, 0.2) is 5.75 Å². The molecule has 0 heterocycles. The molecule has 0 spiro atoms. The van der Waals surface area contributed by atoms with Crippen LogP contribution in [0, 0.1) is 0 Å². The third-order valence-electron chi connectivity index (χ3n) is 2.47. The van der Waals surface area contributed by atoms with E-state index in [1.165, 1.54) is 0 Å². The third-order valence-corrected chi connectivity index (χ3v) is 2.61. The Hall–Kier alpha value is -2.40. The number of anilines is 1. The number of hydrogen-bond acceptors (Lipinski definition) is 3. The first-order chi connectivity index (χ1) is 9.65. The maximum absolute atomic E-state index is 11.7. The Kier molecular flexibility index (Phi) is 4.68. The molecule has 5 heteroatoms. The van der Waals surface area contributed by atoms with Gasteiger partial charge in [-0.05, 0) is 24.3 Å². The Labute approximate surface area is 122 Å². The van der Waals surface area contributed by atoms with Gasteiger partial charge in [0, 0.05) is 0 Å². The summed E-state index contributed by atoms with van der Waals surface area (Å²) in [5.74, 6) is 1.00. The zero-order valence-electron chi connectivity index (χ0n) is 10.7. The van der Waals surface area contributed by atoms with E-state index in [-0.39, 0.29) is 17.3 Å². The number of benzene rings is 2. The highest BCUT2D eigenvalue weighted by molar-refractivity contribution is 7.80. The highest BCUT2D eigenvalue weighted by Gasteiger charge is 2.09. The summed E-state index contributed by atoms with van der Waals surface area (Å²) < 4.78 is 5.74. The normalized spacial score (nSPS) is 9.80. The number of hydrogen-bond donors (Lipinski definition) is 2. The standard InChI is InChI=1S/C15H14N2O2S/c16-14(20)10-15(18)17-12-8-4-5-9-13(12)19-11-6-2-1-3-7-11/h1-9H,10H2,(H2,16,20)(H,17,18). The molecular formula is C15H14N2O2S. The van der Waals surface area contributed by atoms with Crippen LogP contribution in [0.25, 0.3) is 0 Å². The predicted octanol–water partition coefficient (Wildman–Crippen LogP) is 3.09. The zero-order valence-corrected chi connectivity index (χ0v) is 11.5. The maximum Gasteiger partial charge on any atom is 0.231 e. The van der Waals surface area contributed by atoms with Gasteiger partial charge in [0.25, 0.3) is 0 Å². The van der Waals surface area contributed by atoms with Crippen LogP contribution in [-0.2, 0) is 4.79 Å². The average molecular weight is 286 g/mol. The van der Waals surface area contributed by atoms with Crippen LogP contribution in [-0.4, -0.2) is 10.9 Å². The maximum atomic E-state index is 11.7. The second-order valence-corrected chi connectivity index (χ2v) is 4.63. The third kappa shape index (κ3) is 4.07. The molecule has 0 aliphatic heterocycles. The van der Waals surface area contributed by atoms with Gasteiger partial charge < -0.3 is 15.8 Å². The van der Waals surface area contributed by atoms with Crippen LogP contribution >= 0.6 is 12.2 Å². The first-order valence-electron chi connectivity index (χ1n) is 6.05. The number of amides is 1. The molecule has 2 aromatic rings. The van der Waals surface area contributed by atoms with Crippen molar-refractivity contribution in [3.8, 4) is 11.5 Å². The van der Waals surface area contributed by atoms with Crippen molar-refractivity contribution in [2.24, 2.45) is 5.73 Å². The first kappa shape index (κ1) is 14.0. The van der Waals surface area contributed by atoms with Gasteiger partial charge in [-0.25, -0.2) is 0 Å². The topological polar surface area (TPSA) is 64.4 Å². The average Bonchev–Trinajstić information content (AvgIpc) is 2.41. The molecule has 0 saturated carbocycles. The Balaban J connectivity index is 2.14. The van der Waals surface area contributed by atoms with Gasteiger partial charge >= 0.3 is 0 Å². The van der Waals surface area contributed by atoms with E-state index in [1.54, 1.807) is 12.1 Å². The van der Waals surface area contributed by atoms with Crippen molar-refractivity contribution in [3.05, 3.63) is 54.6 Å². The highest BCUT2D eigenvalue weighted by atomic mass is 32.1. The largest absolute Gasteiger partial charge is 0.455 e. The second-order valence-electron chi connectivity index (χ2n) is 4.10. The van der Waals surface area contributed by atoms with Gasteiger partial charge in [-0.2, -0.15) is 0 Å². The van der Waals surface area contributed by atoms with Crippen LogP contribution in [0.15, 0.2) is 54.6 Å². The lowest BCUT2D eigenvalue weighted by molar-refractivity contribution is -0.115. The lowest BCUT2D eigenvalue weighted by Crippen LogP contribution is -2.20. The van der Waals surface area contributed by atoms with E-state index in [1.807, 2.05) is 42.5 Å². The summed E-state index contributed by atoms with van der Waals surface area (Å²) in [7, 11) is 0. The monoisotopic (exact) mass is 286 g/mol. The van der Waals surface area contributed by atoms with Crippen molar-refractivity contribution in [3.63, 3.8) is 0 Å². The molecule has 1 amide bonds. The Bertz CT molecular complexity index is 614. The minimum atomic E-state index is -0.262. The summed E-state index contributed by atoms with van der Waals surface area (Å²) in [5.41, 5.74) is 5.93. The molecule has 20 heavy (non-hydrogen) atoms. The number of thiocarbonyl (C=S) groups is 1. The summed E-state index contributed by atoms with van der Waals surface area (Å²) in [6, 6.07) is 16.5. The van der Waals surface area contributed by atoms with E-state index in [0.29, 0.717) is 17.2 Å². The molecule has 0 aliphatic rings. The van der Waals surface area contributed by atoms with Crippen molar-refractivity contribution in [2.45, 2.75) is 6.42 Å². The van der Waals surface area contributed by atoms with Crippen LogP contribution in [0.2, 0.25) is 0 Å². The lowest BCUT2D eigenvalue weighted by Gasteiger charge is -2.11. The molecule has 0 radical (unpaired) electrons. The van der Waals surface area contributed by atoms with Gasteiger partial charge in [-0.15, -0.1) is 0 Å². The van der Waals surface area contributed by atoms with Gasteiger partial charge in [-0.3, -0.25) is 4.79 Å². The Morgan fingerprint density at radius 3 is 2.45 bits per heavy atom. The number of ether oxygens (including phenoxy) is 1. The molecule has 0 saturated heterocycles. The Morgan fingerprint density at radius 2 is 1.75 bits per heavy atom. The molecule has 0 aliphatic carbocycles. The molecule has 0 fully saturated rings. The number of nitrogens with two attached hydrogens (primary N) is 1. The van der Waals surface area contributed by atoms with Crippen LogP contribution < -0.4 is 15.8 Å². The van der Waals surface area contributed by atoms with Crippen molar-refractivity contribution in [2.75, 3.05) is 5.32 Å². The molecule has 0 atom stereocenters. The van der Waals surface area contributed by atoms with E-state index in [4.69, 9.17) is 22.7 Å². The SMILES string of the molecule is NC(=S)CC(=O)Nc1ccccc1Oc1ccccc1. The van der Waals surface area contributed by atoms with Gasteiger partial charge in [0.2, 0.25) is 5.91 Å². The fourth-order valence-electron chi connectivity index (χ4n) is 1.63. The van der Waals surface area contributed by atoms with Gasteiger partial charge in [-0.1, -0.05) is 42.5 Å². The summed E-state index contributed by atoms with van der Waals surface area (Å²) in [6.45, 7) is 0. The molecular weight excluding hydrogens is 272 g/mol. The number of carbonyl (C=O) groups excluding carboxylic acids is 1. The molecule has 0 unspecified atom stereocenters. The lowest BCUT2D eigenvalue weighted by atomic mass is 10.2. The summed E-state index contributed by atoms with van der Waals surface area (Å²) >= 11 is 4.71. The van der Waals surface area contributed by atoms with E-state index in [2.05, 4.69) is 5.32 Å². The molecule has 102 valence electrons. The summed E-state index contributed by atoms with van der Waals surface area (Å²) in [5, 5.41) is 2.73. The van der Waals surface area contributed by atoms with Crippen molar-refractivity contribution < 1.29 is 9.53 Å². The van der Waals surface area contributed by atoms with E-state index in [0.717, 1.165) is 0 Å². The number of rotatable bonds is 5. The van der Waals surface area contributed by atoms with Gasteiger partial charge in [0.05, 0.1) is 17.1 Å². The summed E-state index contributed by atoms with van der Waals surface area (Å²) in [4.78, 5) is 11.8. The second kappa shape index (κ2) is 6.68. The van der Waals surface area contributed by atoms with Crippen molar-refractivity contribution in [1.29, 1.82) is 0 Å². The van der Waals surface area contributed by atoms with Crippen molar-refractivity contribution in [1.82, 2.24) is 0 Å². The number of para-hydroxylation sites is 3. The van der Waals surface area contributed by atoms with Crippen molar-refractivity contribution >= 4 is 28.8 Å². The molecule has 3 N–H and O–H groups in total. The minimum Gasteiger partial charge on any atom is -0.455 e. The fourth-order valence-corrected chi connectivity index (χ4v) is 1.76. The first-order valence-corrected chi connectivity index (χ1v) is 6.46. The smallest absolute Gasteiger partial charge is 0.231 e. The van der Waals surface area contributed by atoms with Crippen LogP contribution in [0.5, 0.6) is 11.5 Å².